The van der Waals surface area contributed by atoms with Crippen molar-refractivity contribution in [1.29, 1.82) is 0 Å². The van der Waals surface area contributed by atoms with Gasteiger partial charge >= 0.3 is 6.18 Å². The molecule has 1 heterocycles. The highest BCUT2D eigenvalue weighted by Crippen LogP contribution is 2.31. The van der Waals surface area contributed by atoms with Crippen molar-refractivity contribution in [3.05, 3.63) is 70.8 Å². The van der Waals surface area contributed by atoms with Gasteiger partial charge in [0.1, 0.15) is 0 Å². The lowest BCUT2D eigenvalue weighted by Gasteiger charge is -2.33. The van der Waals surface area contributed by atoms with Gasteiger partial charge in [-0.25, -0.2) is 0 Å². The van der Waals surface area contributed by atoms with E-state index in [0.29, 0.717) is 24.2 Å². The van der Waals surface area contributed by atoms with E-state index >= 15 is 0 Å². The van der Waals surface area contributed by atoms with Crippen LogP contribution in [0.5, 0.6) is 0 Å². The van der Waals surface area contributed by atoms with Gasteiger partial charge in [0.2, 0.25) is 0 Å². The molecule has 2 unspecified atom stereocenters. The zero-order valence-electron chi connectivity index (χ0n) is 14.7. The molecule has 0 aliphatic carbocycles. The standard InChI is InChI=1S/C20H22F3NO2S/c21-20(22,23)17-11-14(10-15(12-17)13-27)6-8-25-19-18(24-7-9-26-19)16-4-2-1-3-5-16/h1-5,10-12,18-19,24,27H,6-9,13H2. The summed E-state index contributed by atoms with van der Waals surface area (Å²) in [7, 11) is 0. The summed E-state index contributed by atoms with van der Waals surface area (Å²) in [6.45, 7) is 1.52. The number of nitrogens with one attached hydrogen (secondary N) is 1. The fourth-order valence-electron chi connectivity index (χ4n) is 3.12. The third-order valence-electron chi connectivity index (χ3n) is 4.41. The van der Waals surface area contributed by atoms with Gasteiger partial charge in [-0.15, -0.1) is 0 Å². The normalized spacial score (nSPS) is 20.6. The van der Waals surface area contributed by atoms with Crippen molar-refractivity contribution in [2.24, 2.45) is 0 Å². The number of hydrogen-bond acceptors (Lipinski definition) is 4. The minimum Gasteiger partial charge on any atom is -0.350 e. The molecule has 1 N–H and O–H groups in total. The molecule has 2 aromatic rings. The van der Waals surface area contributed by atoms with E-state index in [4.69, 9.17) is 9.47 Å². The van der Waals surface area contributed by atoms with E-state index in [-0.39, 0.29) is 18.4 Å². The summed E-state index contributed by atoms with van der Waals surface area (Å²) in [6, 6.07) is 13.8. The third kappa shape index (κ3) is 5.48. The van der Waals surface area contributed by atoms with Crippen molar-refractivity contribution < 1.29 is 22.6 Å². The van der Waals surface area contributed by atoms with Gasteiger partial charge in [0.05, 0.1) is 24.8 Å². The highest BCUT2D eigenvalue weighted by Gasteiger charge is 2.31. The fraction of sp³-hybridized carbons (Fsp3) is 0.400. The van der Waals surface area contributed by atoms with E-state index in [1.54, 1.807) is 6.07 Å². The topological polar surface area (TPSA) is 30.5 Å². The van der Waals surface area contributed by atoms with Crippen molar-refractivity contribution in [2.75, 3.05) is 19.8 Å². The van der Waals surface area contributed by atoms with Crippen LogP contribution in [0, 0.1) is 0 Å². The molecule has 0 saturated carbocycles. The van der Waals surface area contributed by atoms with E-state index < -0.39 is 18.0 Å². The highest BCUT2D eigenvalue weighted by atomic mass is 32.1. The number of benzene rings is 2. The summed E-state index contributed by atoms with van der Waals surface area (Å²) >= 11 is 4.10. The van der Waals surface area contributed by atoms with Crippen LogP contribution in [0.4, 0.5) is 13.2 Å². The molecule has 0 amide bonds. The Morgan fingerprint density at radius 1 is 1.11 bits per heavy atom. The maximum absolute atomic E-state index is 13.1. The van der Waals surface area contributed by atoms with Crippen LogP contribution >= 0.6 is 12.6 Å². The van der Waals surface area contributed by atoms with Crippen molar-refractivity contribution in [2.45, 2.75) is 30.7 Å². The van der Waals surface area contributed by atoms with Crippen molar-refractivity contribution in [3.8, 4) is 0 Å². The largest absolute Gasteiger partial charge is 0.416 e. The molecule has 2 aromatic carbocycles. The summed E-state index contributed by atoms with van der Waals surface area (Å²) in [5.41, 5.74) is 1.52. The van der Waals surface area contributed by atoms with Gasteiger partial charge in [-0.2, -0.15) is 25.8 Å². The van der Waals surface area contributed by atoms with Crippen LogP contribution in [0.2, 0.25) is 0 Å². The van der Waals surface area contributed by atoms with Gasteiger partial charge in [0.25, 0.3) is 0 Å². The molecule has 3 nitrogen and oxygen atoms in total. The molecule has 7 heteroatoms. The minimum atomic E-state index is -4.37. The van der Waals surface area contributed by atoms with Crippen molar-refractivity contribution in [1.82, 2.24) is 5.32 Å². The molecule has 1 fully saturated rings. The predicted molar refractivity (Wildman–Crippen MR) is 101 cm³/mol. The lowest BCUT2D eigenvalue weighted by atomic mass is 10.0. The van der Waals surface area contributed by atoms with Gasteiger partial charge in [-0.1, -0.05) is 36.4 Å². The van der Waals surface area contributed by atoms with Crippen LogP contribution in [0.3, 0.4) is 0 Å². The van der Waals surface area contributed by atoms with Crippen LogP contribution < -0.4 is 5.32 Å². The summed E-state index contributed by atoms with van der Waals surface area (Å²) in [4.78, 5) is 0. The molecule has 3 rings (SSSR count). The van der Waals surface area contributed by atoms with Crippen LogP contribution in [0.15, 0.2) is 48.5 Å². The van der Waals surface area contributed by atoms with E-state index in [1.165, 1.54) is 6.07 Å². The summed E-state index contributed by atoms with van der Waals surface area (Å²) in [5, 5.41) is 3.37. The average Bonchev–Trinajstić information content (AvgIpc) is 2.68. The first-order valence-corrected chi connectivity index (χ1v) is 9.43. The summed E-state index contributed by atoms with van der Waals surface area (Å²) in [6.07, 6.45) is -4.48. The Labute approximate surface area is 162 Å². The zero-order chi connectivity index (χ0) is 19.3. The Morgan fingerprint density at radius 3 is 2.56 bits per heavy atom. The number of thiol groups is 1. The molecule has 1 aliphatic heterocycles. The van der Waals surface area contributed by atoms with Gasteiger partial charge in [-0.3, -0.25) is 0 Å². The Bertz CT molecular complexity index is 740. The zero-order valence-corrected chi connectivity index (χ0v) is 15.6. The summed E-state index contributed by atoms with van der Waals surface area (Å²) in [5.74, 6) is 0.253. The number of morpholine rings is 1. The number of halogens is 3. The minimum absolute atomic E-state index is 0.102. The first-order chi connectivity index (χ1) is 13.0. The average molecular weight is 397 g/mol. The molecular formula is C20H22F3NO2S. The fourth-order valence-corrected chi connectivity index (χ4v) is 3.30. The van der Waals surface area contributed by atoms with Gasteiger partial charge in [-0.05, 0) is 35.2 Å². The molecule has 1 aliphatic rings. The van der Waals surface area contributed by atoms with E-state index in [0.717, 1.165) is 18.2 Å². The van der Waals surface area contributed by atoms with E-state index in [2.05, 4.69) is 17.9 Å². The van der Waals surface area contributed by atoms with E-state index in [1.807, 2.05) is 30.3 Å². The Kier molecular flexibility index (Phi) is 6.81. The number of ether oxygens (including phenoxy) is 2. The third-order valence-corrected chi connectivity index (χ3v) is 4.78. The van der Waals surface area contributed by atoms with Crippen molar-refractivity contribution >= 4 is 12.6 Å². The highest BCUT2D eigenvalue weighted by molar-refractivity contribution is 7.79. The Hall–Kier alpha value is -1.54. The second-order valence-electron chi connectivity index (χ2n) is 6.40. The maximum atomic E-state index is 13.1. The molecule has 1 saturated heterocycles. The number of rotatable bonds is 6. The van der Waals surface area contributed by atoms with Gasteiger partial charge < -0.3 is 14.8 Å². The first kappa shape index (κ1) is 20.2. The summed E-state index contributed by atoms with van der Waals surface area (Å²) < 4.78 is 50.8. The molecule has 2 atom stereocenters. The Morgan fingerprint density at radius 2 is 1.85 bits per heavy atom. The molecule has 0 radical (unpaired) electrons. The van der Waals surface area contributed by atoms with Gasteiger partial charge in [0.15, 0.2) is 6.29 Å². The monoisotopic (exact) mass is 397 g/mol. The molecule has 0 spiro atoms. The quantitative estimate of drug-likeness (QED) is 0.709. The van der Waals surface area contributed by atoms with Crippen molar-refractivity contribution in [3.63, 3.8) is 0 Å². The molecule has 27 heavy (non-hydrogen) atoms. The molecule has 0 bridgehead atoms. The first-order valence-electron chi connectivity index (χ1n) is 8.80. The van der Waals surface area contributed by atoms with Crippen LogP contribution in [-0.4, -0.2) is 26.0 Å². The number of alkyl halides is 3. The second kappa shape index (κ2) is 9.10. The van der Waals surface area contributed by atoms with Crippen LogP contribution in [0.25, 0.3) is 0 Å². The smallest absolute Gasteiger partial charge is 0.350 e. The molecule has 0 aromatic heterocycles. The lowest BCUT2D eigenvalue weighted by molar-refractivity contribution is -0.176. The lowest BCUT2D eigenvalue weighted by Crippen LogP contribution is -2.43. The number of hydrogen-bond donors (Lipinski definition) is 2. The SMILES string of the molecule is FC(F)(F)c1cc(CS)cc(CCOC2OCCNC2c2ccccc2)c1. The van der Waals surface area contributed by atoms with E-state index in [9.17, 15) is 13.2 Å². The van der Waals surface area contributed by atoms with Crippen LogP contribution in [0.1, 0.15) is 28.3 Å². The van der Waals surface area contributed by atoms with Gasteiger partial charge in [0, 0.05) is 12.3 Å². The molecular weight excluding hydrogens is 375 g/mol. The Balaban J connectivity index is 1.64. The second-order valence-corrected chi connectivity index (χ2v) is 6.71. The maximum Gasteiger partial charge on any atom is 0.416 e. The molecule has 146 valence electrons. The van der Waals surface area contributed by atoms with Crippen LogP contribution in [-0.2, 0) is 27.8 Å². The predicted octanol–water partition coefficient (Wildman–Crippen LogP) is 4.38.